The van der Waals surface area contributed by atoms with Crippen molar-refractivity contribution in [2.45, 2.75) is 102 Å². The van der Waals surface area contributed by atoms with Crippen LogP contribution < -0.4 is 16.0 Å². The van der Waals surface area contributed by atoms with Crippen molar-refractivity contribution < 1.29 is 14.4 Å². The molecule has 3 aliphatic rings. The molecule has 1 heterocycles. The van der Waals surface area contributed by atoms with Crippen molar-refractivity contribution >= 4 is 29.1 Å². The van der Waals surface area contributed by atoms with Crippen molar-refractivity contribution in [3.8, 4) is 11.1 Å². The van der Waals surface area contributed by atoms with Gasteiger partial charge in [0.05, 0.1) is 11.6 Å². The first-order valence-corrected chi connectivity index (χ1v) is 15.1. The number of nitrogens with one attached hydrogen (secondary N) is 1. The maximum absolute atomic E-state index is 14.4. The fourth-order valence-electron chi connectivity index (χ4n) is 7.01. The Labute approximate surface area is 232 Å². The van der Waals surface area contributed by atoms with E-state index in [1.165, 1.54) is 56.3 Å². The van der Waals surface area contributed by atoms with Gasteiger partial charge in [-0.15, -0.1) is 0 Å². The third kappa shape index (κ3) is 6.05. The molecule has 2 atom stereocenters. The molecule has 6 heteroatoms. The monoisotopic (exact) mass is 529 g/mol. The van der Waals surface area contributed by atoms with Crippen LogP contribution in [0.2, 0.25) is 0 Å². The van der Waals surface area contributed by atoms with Crippen LogP contribution in [-0.2, 0) is 14.4 Å². The van der Waals surface area contributed by atoms with Crippen LogP contribution in [-0.4, -0.2) is 23.8 Å². The minimum absolute atomic E-state index is 0.0738. The molecule has 2 fully saturated rings. The Morgan fingerprint density at radius 1 is 0.923 bits per heavy atom. The fraction of sp³-hybridized carbons (Fsp3) is 0.545. The number of imide groups is 1. The maximum atomic E-state index is 14.4. The van der Waals surface area contributed by atoms with Crippen LogP contribution in [0.15, 0.2) is 42.5 Å². The zero-order valence-electron chi connectivity index (χ0n) is 23.3. The number of nitrogen functional groups attached to an aromatic ring is 1. The van der Waals surface area contributed by atoms with Gasteiger partial charge in [0.2, 0.25) is 11.8 Å². The third-order valence-electron chi connectivity index (χ3n) is 9.24. The molecule has 0 saturated heterocycles. The third-order valence-corrected chi connectivity index (χ3v) is 9.24. The molecule has 6 nitrogen and oxygen atoms in total. The molecule has 1 unspecified atom stereocenters. The van der Waals surface area contributed by atoms with Crippen LogP contribution in [0.1, 0.15) is 102 Å². The Morgan fingerprint density at radius 2 is 1.59 bits per heavy atom. The van der Waals surface area contributed by atoms with Crippen LogP contribution in [0.4, 0.5) is 11.4 Å². The van der Waals surface area contributed by atoms with Gasteiger partial charge < -0.3 is 11.1 Å². The first-order valence-electron chi connectivity index (χ1n) is 15.1. The molecule has 1 aliphatic heterocycles. The number of amides is 3. The molecule has 2 aromatic rings. The number of carbonyl (C=O) groups is 3. The number of fused-ring (bicyclic) bond motifs is 3. The van der Waals surface area contributed by atoms with E-state index in [2.05, 4.69) is 5.32 Å². The Morgan fingerprint density at radius 3 is 2.31 bits per heavy atom. The molecule has 2 saturated carbocycles. The SMILES string of the molecule is CC1C(=O)N(C(=O)[C@H](CCC2CCCCC2)NC(=O)CC2CCCCC2)c2cccc(N)c2-c2ccccc21. The molecule has 0 aromatic heterocycles. The summed E-state index contributed by atoms with van der Waals surface area (Å²) in [5.41, 5.74) is 9.95. The number of rotatable bonds is 7. The van der Waals surface area contributed by atoms with Crippen LogP contribution in [0, 0.1) is 11.8 Å². The van der Waals surface area contributed by atoms with Gasteiger partial charge in [0, 0.05) is 17.7 Å². The molecule has 39 heavy (non-hydrogen) atoms. The average molecular weight is 530 g/mol. The molecular formula is C33H43N3O3. The Bertz CT molecular complexity index is 1200. The standard InChI is InChI=1S/C33H43N3O3/c1-22-25-15-8-9-16-26(25)31-27(34)17-10-18-29(31)36(32(22)38)33(39)28(20-19-23-11-4-2-5-12-23)35-30(37)21-24-13-6-3-7-14-24/h8-10,15-18,22-24,28H,2-7,11-14,19-21,34H2,1H3,(H,35,37)/t22?,28-/m0/s1. The van der Waals surface area contributed by atoms with E-state index in [0.717, 1.165) is 30.4 Å². The summed E-state index contributed by atoms with van der Waals surface area (Å²) in [6, 6.07) is 12.4. The van der Waals surface area contributed by atoms with E-state index >= 15 is 0 Å². The fourth-order valence-corrected chi connectivity index (χ4v) is 7.01. The van der Waals surface area contributed by atoms with Crippen LogP contribution in [0.5, 0.6) is 0 Å². The molecule has 0 bridgehead atoms. The van der Waals surface area contributed by atoms with Gasteiger partial charge in [0.15, 0.2) is 0 Å². The van der Waals surface area contributed by atoms with E-state index in [0.29, 0.717) is 41.6 Å². The van der Waals surface area contributed by atoms with Crippen molar-refractivity contribution in [2.24, 2.45) is 11.8 Å². The lowest BCUT2D eigenvalue weighted by molar-refractivity contribution is -0.132. The number of benzene rings is 2. The highest BCUT2D eigenvalue weighted by Crippen LogP contribution is 2.44. The molecule has 0 spiro atoms. The van der Waals surface area contributed by atoms with E-state index < -0.39 is 12.0 Å². The molecule has 2 aromatic carbocycles. The number of nitrogens with zero attached hydrogens (tertiary/aromatic N) is 1. The quantitative estimate of drug-likeness (QED) is 0.389. The zero-order chi connectivity index (χ0) is 27.4. The summed E-state index contributed by atoms with van der Waals surface area (Å²) in [5, 5.41) is 3.11. The van der Waals surface area contributed by atoms with Crippen molar-refractivity contribution in [3.63, 3.8) is 0 Å². The van der Waals surface area contributed by atoms with Crippen LogP contribution in [0.3, 0.4) is 0 Å². The van der Waals surface area contributed by atoms with Crippen LogP contribution in [0.25, 0.3) is 11.1 Å². The Hall–Kier alpha value is -3.15. The van der Waals surface area contributed by atoms with E-state index in [-0.39, 0.29) is 17.7 Å². The Kier molecular flexibility index (Phi) is 8.69. The van der Waals surface area contributed by atoms with Crippen molar-refractivity contribution in [3.05, 3.63) is 48.0 Å². The van der Waals surface area contributed by atoms with Gasteiger partial charge in [0.25, 0.3) is 5.91 Å². The summed E-state index contributed by atoms with van der Waals surface area (Å²) in [4.78, 5) is 43.0. The number of anilines is 2. The predicted octanol–water partition coefficient (Wildman–Crippen LogP) is 6.73. The molecule has 208 valence electrons. The predicted molar refractivity (Wildman–Crippen MR) is 156 cm³/mol. The summed E-state index contributed by atoms with van der Waals surface area (Å²) in [6.07, 6.45) is 13.7. The first kappa shape index (κ1) is 27.4. The molecule has 2 aliphatic carbocycles. The first-order chi connectivity index (χ1) is 18.9. The van der Waals surface area contributed by atoms with Crippen molar-refractivity contribution in [1.82, 2.24) is 5.32 Å². The number of nitrogens with two attached hydrogens (primary N) is 1. The second-order valence-corrected chi connectivity index (χ2v) is 12.0. The van der Waals surface area contributed by atoms with Gasteiger partial charge >= 0.3 is 0 Å². The van der Waals surface area contributed by atoms with Crippen molar-refractivity contribution in [2.75, 3.05) is 10.6 Å². The molecule has 5 rings (SSSR count). The lowest BCUT2D eigenvalue weighted by Gasteiger charge is -2.30. The number of carbonyl (C=O) groups excluding carboxylic acids is 3. The maximum Gasteiger partial charge on any atom is 0.256 e. The minimum Gasteiger partial charge on any atom is -0.398 e. The highest BCUT2D eigenvalue weighted by Gasteiger charge is 2.39. The Balaban J connectivity index is 1.45. The summed E-state index contributed by atoms with van der Waals surface area (Å²) in [7, 11) is 0. The summed E-state index contributed by atoms with van der Waals surface area (Å²) >= 11 is 0. The van der Waals surface area contributed by atoms with Crippen LogP contribution >= 0.6 is 0 Å². The smallest absolute Gasteiger partial charge is 0.256 e. The molecule has 3 amide bonds. The summed E-state index contributed by atoms with van der Waals surface area (Å²) < 4.78 is 0. The van der Waals surface area contributed by atoms with Gasteiger partial charge in [0.1, 0.15) is 6.04 Å². The summed E-state index contributed by atoms with van der Waals surface area (Å²) in [6.45, 7) is 1.85. The lowest BCUT2D eigenvalue weighted by atomic mass is 9.84. The van der Waals surface area contributed by atoms with Gasteiger partial charge in [-0.3, -0.25) is 14.4 Å². The van der Waals surface area contributed by atoms with Crippen molar-refractivity contribution in [1.29, 1.82) is 0 Å². The van der Waals surface area contributed by atoms with Gasteiger partial charge in [-0.25, -0.2) is 4.90 Å². The second-order valence-electron chi connectivity index (χ2n) is 12.0. The zero-order valence-corrected chi connectivity index (χ0v) is 23.3. The molecule has 0 radical (unpaired) electrons. The normalized spacial score (nSPS) is 21.0. The summed E-state index contributed by atoms with van der Waals surface area (Å²) in [5.74, 6) is -0.276. The van der Waals surface area contributed by atoms with Gasteiger partial charge in [-0.2, -0.15) is 0 Å². The largest absolute Gasteiger partial charge is 0.398 e. The average Bonchev–Trinajstić information content (AvgIpc) is 3.05. The van der Waals surface area contributed by atoms with E-state index in [1.807, 2.05) is 37.3 Å². The van der Waals surface area contributed by atoms with E-state index in [4.69, 9.17) is 5.73 Å². The highest BCUT2D eigenvalue weighted by molar-refractivity contribution is 6.22. The molecule has 3 N–H and O–H groups in total. The second kappa shape index (κ2) is 12.4. The highest BCUT2D eigenvalue weighted by atomic mass is 16.2. The number of hydrogen-bond donors (Lipinski definition) is 2. The van der Waals surface area contributed by atoms with E-state index in [9.17, 15) is 14.4 Å². The topological polar surface area (TPSA) is 92.5 Å². The minimum atomic E-state index is -0.741. The molecular weight excluding hydrogens is 486 g/mol. The van der Waals surface area contributed by atoms with Gasteiger partial charge in [-0.05, 0) is 67.7 Å². The lowest BCUT2D eigenvalue weighted by Crippen LogP contribution is -2.52. The van der Waals surface area contributed by atoms with Gasteiger partial charge in [-0.1, -0.05) is 81.7 Å². The van der Waals surface area contributed by atoms with E-state index in [1.54, 1.807) is 12.1 Å². The number of hydrogen-bond acceptors (Lipinski definition) is 4.